The Morgan fingerprint density at radius 1 is 0.955 bits per heavy atom. The Bertz CT molecular complexity index is 1460. The third-order valence-corrected chi connectivity index (χ3v) is 6.52. The summed E-state index contributed by atoms with van der Waals surface area (Å²) in [5, 5.41) is 11.5. The Morgan fingerprint density at radius 3 is 2.16 bits per heavy atom. The van der Waals surface area contributed by atoms with Crippen molar-refractivity contribution in [2.75, 3.05) is 26.2 Å². The van der Waals surface area contributed by atoms with Crippen molar-refractivity contribution >= 4 is 23.9 Å². The summed E-state index contributed by atoms with van der Waals surface area (Å²) in [6, 6.07) is 26.9. The number of azide groups is 1. The number of alkyl carbamates (subject to hydrolysis) is 1. The van der Waals surface area contributed by atoms with E-state index in [-0.39, 0.29) is 26.2 Å². The molecule has 3 N–H and O–H groups in total. The van der Waals surface area contributed by atoms with E-state index in [4.69, 9.17) is 10.3 Å². The number of hydrogen-bond acceptors (Lipinski definition) is 7. The molecular formula is C31H32N8O5. The normalized spacial score (nSPS) is 13.9. The number of imide groups is 1. The van der Waals surface area contributed by atoms with Gasteiger partial charge in [-0.3, -0.25) is 24.7 Å². The number of amides is 5. The van der Waals surface area contributed by atoms with E-state index in [1.54, 1.807) is 24.3 Å². The Labute approximate surface area is 254 Å². The van der Waals surface area contributed by atoms with Gasteiger partial charge < -0.3 is 15.4 Å². The van der Waals surface area contributed by atoms with E-state index >= 15 is 0 Å². The largest absolute Gasteiger partial charge is 0.436 e. The molecule has 44 heavy (non-hydrogen) atoms. The van der Waals surface area contributed by atoms with Crippen molar-refractivity contribution < 1.29 is 23.9 Å². The lowest BCUT2D eigenvalue weighted by atomic mass is 10.0. The summed E-state index contributed by atoms with van der Waals surface area (Å²) >= 11 is 0. The number of nitrogens with one attached hydrogen (secondary N) is 3. The number of benzene rings is 3. The van der Waals surface area contributed by atoms with E-state index in [0.717, 1.165) is 26.5 Å². The summed E-state index contributed by atoms with van der Waals surface area (Å²) in [5.41, 5.74) is 10.7. The highest BCUT2D eigenvalue weighted by molar-refractivity contribution is 5.98. The molecule has 0 radical (unpaired) electrons. The molecule has 0 saturated heterocycles. The van der Waals surface area contributed by atoms with Crippen LogP contribution in [0.1, 0.15) is 22.8 Å². The molecule has 0 spiro atoms. The molecule has 0 saturated carbocycles. The topological polar surface area (TPSA) is 169 Å². The van der Waals surface area contributed by atoms with Crippen LogP contribution in [0.25, 0.3) is 10.4 Å². The van der Waals surface area contributed by atoms with Crippen LogP contribution in [0, 0.1) is 0 Å². The zero-order valence-corrected chi connectivity index (χ0v) is 23.8. The highest BCUT2D eigenvalue weighted by Crippen LogP contribution is 2.26. The molecule has 4 rings (SSSR count). The van der Waals surface area contributed by atoms with Crippen molar-refractivity contribution in [3.63, 3.8) is 0 Å². The van der Waals surface area contributed by atoms with Crippen LogP contribution >= 0.6 is 0 Å². The van der Waals surface area contributed by atoms with Gasteiger partial charge >= 0.3 is 12.1 Å². The lowest BCUT2D eigenvalue weighted by Gasteiger charge is -2.30. The highest BCUT2D eigenvalue weighted by Gasteiger charge is 2.29. The van der Waals surface area contributed by atoms with Crippen LogP contribution in [0.3, 0.4) is 0 Å². The maximum absolute atomic E-state index is 13.3. The van der Waals surface area contributed by atoms with Crippen LogP contribution in [-0.2, 0) is 20.9 Å². The lowest BCUT2D eigenvalue weighted by Crippen LogP contribution is -2.55. The third kappa shape index (κ3) is 9.18. The molecule has 0 aliphatic carbocycles. The van der Waals surface area contributed by atoms with E-state index in [1.165, 1.54) is 12.3 Å². The Balaban J connectivity index is 1.37. The van der Waals surface area contributed by atoms with E-state index in [0.29, 0.717) is 0 Å². The molecule has 5 amide bonds. The van der Waals surface area contributed by atoms with E-state index < -0.39 is 42.8 Å². The summed E-state index contributed by atoms with van der Waals surface area (Å²) in [6.45, 7) is -0.162. The average Bonchev–Trinajstić information content (AvgIpc) is 3.05. The minimum absolute atomic E-state index is 0.00965. The SMILES string of the molecule is [N-]=[N+]=NCCNCC(=O)N(Cc1ccccc1)C(=O)CN1C=CC(NC(=O)OC(c2ccccc2)c2ccccc2)NC1=O. The fourth-order valence-electron chi connectivity index (χ4n) is 4.36. The zero-order chi connectivity index (χ0) is 31.1. The van der Waals surface area contributed by atoms with Gasteiger partial charge in [0.15, 0.2) is 6.10 Å². The second kappa shape index (κ2) is 16.1. The van der Waals surface area contributed by atoms with Crippen LogP contribution < -0.4 is 16.0 Å². The van der Waals surface area contributed by atoms with Crippen LogP contribution in [-0.4, -0.2) is 66.1 Å². The first-order valence-corrected chi connectivity index (χ1v) is 13.9. The van der Waals surface area contributed by atoms with Gasteiger partial charge in [-0.2, -0.15) is 0 Å². The van der Waals surface area contributed by atoms with Gasteiger partial charge in [0.25, 0.3) is 0 Å². The Kier molecular flexibility index (Phi) is 11.5. The number of ether oxygens (including phenoxy) is 1. The van der Waals surface area contributed by atoms with Crippen LogP contribution in [0.2, 0.25) is 0 Å². The minimum atomic E-state index is -0.893. The van der Waals surface area contributed by atoms with Gasteiger partial charge in [-0.25, -0.2) is 9.59 Å². The van der Waals surface area contributed by atoms with Crippen LogP contribution in [0.15, 0.2) is 108 Å². The third-order valence-electron chi connectivity index (χ3n) is 6.52. The summed E-state index contributed by atoms with van der Waals surface area (Å²) in [5.74, 6) is -1.11. The fraction of sp³-hybridized carbons (Fsp3) is 0.226. The van der Waals surface area contributed by atoms with Gasteiger partial charge in [-0.15, -0.1) is 0 Å². The summed E-state index contributed by atoms with van der Waals surface area (Å²) < 4.78 is 5.74. The van der Waals surface area contributed by atoms with Gasteiger partial charge in [0.2, 0.25) is 11.8 Å². The van der Waals surface area contributed by atoms with E-state index in [1.807, 2.05) is 66.7 Å². The summed E-state index contributed by atoms with van der Waals surface area (Å²) in [4.78, 5) is 56.8. The van der Waals surface area contributed by atoms with Crippen molar-refractivity contribution in [3.05, 3.63) is 130 Å². The predicted molar refractivity (Wildman–Crippen MR) is 161 cm³/mol. The number of rotatable bonds is 13. The molecule has 3 aromatic rings. The van der Waals surface area contributed by atoms with Crippen molar-refractivity contribution in [2.24, 2.45) is 5.11 Å². The molecule has 0 fully saturated rings. The number of carbonyl (C=O) groups excluding carboxylic acids is 4. The number of carbonyl (C=O) groups is 4. The lowest BCUT2D eigenvalue weighted by molar-refractivity contribution is -0.145. The molecule has 226 valence electrons. The molecule has 1 heterocycles. The van der Waals surface area contributed by atoms with Crippen LogP contribution in [0.4, 0.5) is 9.59 Å². The molecule has 13 nitrogen and oxygen atoms in total. The smallest absolute Gasteiger partial charge is 0.409 e. The Hall–Kier alpha value is -5.65. The molecule has 0 aromatic heterocycles. The number of urea groups is 1. The van der Waals surface area contributed by atoms with Crippen LogP contribution in [0.5, 0.6) is 0 Å². The van der Waals surface area contributed by atoms with Crippen molar-refractivity contribution in [3.8, 4) is 0 Å². The summed E-state index contributed by atoms with van der Waals surface area (Å²) in [7, 11) is 0. The predicted octanol–water partition coefficient (Wildman–Crippen LogP) is 3.82. The molecule has 1 aliphatic heterocycles. The highest BCUT2D eigenvalue weighted by atomic mass is 16.6. The minimum Gasteiger partial charge on any atom is -0.436 e. The molecule has 1 atom stereocenters. The number of hydrogen-bond donors (Lipinski definition) is 3. The summed E-state index contributed by atoms with van der Waals surface area (Å²) in [6.07, 6.45) is 0.551. The quantitative estimate of drug-likeness (QED) is 0.117. The van der Waals surface area contributed by atoms with Gasteiger partial charge in [0.1, 0.15) is 12.7 Å². The van der Waals surface area contributed by atoms with Gasteiger partial charge in [0.05, 0.1) is 13.1 Å². The second-order valence-electron chi connectivity index (χ2n) is 9.64. The van der Waals surface area contributed by atoms with Gasteiger partial charge in [-0.1, -0.05) is 96.1 Å². The molecule has 13 heteroatoms. The second-order valence-corrected chi connectivity index (χ2v) is 9.64. The first-order chi connectivity index (χ1) is 21.4. The van der Waals surface area contributed by atoms with Crippen molar-refractivity contribution in [1.29, 1.82) is 0 Å². The van der Waals surface area contributed by atoms with Gasteiger partial charge in [0, 0.05) is 24.2 Å². The van der Waals surface area contributed by atoms with E-state index in [2.05, 4.69) is 26.0 Å². The fourth-order valence-corrected chi connectivity index (χ4v) is 4.36. The molecule has 1 unspecified atom stereocenters. The maximum Gasteiger partial charge on any atom is 0.409 e. The first-order valence-electron chi connectivity index (χ1n) is 13.9. The van der Waals surface area contributed by atoms with E-state index in [9.17, 15) is 19.2 Å². The molecule has 1 aliphatic rings. The van der Waals surface area contributed by atoms with Crippen molar-refractivity contribution in [1.82, 2.24) is 25.8 Å². The van der Waals surface area contributed by atoms with Gasteiger partial charge in [-0.05, 0) is 28.3 Å². The standard InChI is InChI=1S/C31H32N8O5/c32-37-34-18-17-33-20-27(40)39(21-23-10-4-1-5-11-23)28(41)22-38-19-16-26(35-30(38)42)36-31(43)44-29(24-12-6-2-7-13-24)25-14-8-3-9-15-25/h1-16,19,26,29,33H,17-18,20-22H2,(H,35,42)(H,36,43). The molecule has 0 bridgehead atoms. The molecule has 3 aromatic carbocycles. The zero-order valence-electron chi connectivity index (χ0n) is 23.8. The van der Waals surface area contributed by atoms with Crippen molar-refractivity contribution in [2.45, 2.75) is 18.8 Å². The maximum atomic E-state index is 13.3. The molecular weight excluding hydrogens is 564 g/mol. The average molecular weight is 597 g/mol. The monoisotopic (exact) mass is 596 g/mol. The number of nitrogens with zero attached hydrogens (tertiary/aromatic N) is 5. The Morgan fingerprint density at radius 2 is 1.57 bits per heavy atom. The first kappa shape index (κ1) is 31.3.